The van der Waals surface area contributed by atoms with Crippen LogP contribution in [0.5, 0.6) is 0 Å². The van der Waals surface area contributed by atoms with E-state index < -0.39 is 5.97 Å². The van der Waals surface area contributed by atoms with Crippen LogP contribution in [0.15, 0.2) is 30.5 Å². The molecular formula is C16H18N4O3. The van der Waals surface area contributed by atoms with Crippen LogP contribution in [0.1, 0.15) is 16.1 Å². The van der Waals surface area contributed by atoms with E-state index in [2.05, 4.69) is 0 Å². The lowest BCUT2D eigenvalue weighted by Gasteiger charge is -2.18. The number of ether oxygens (including phenoxy) is 1. The first-order chi connectivity index (χ1) is 11.0. The number of aliphatic hydroxyl groups excluding tert-OH is 1. The first-order valence-electron chi connectivity index (χ1n) is 6.95. The second-order valence-corrected chi connectivity index (χ2v) is 4.94. The number of carbonyl (C=O) groups is 1. The molecule has 0 radical (unpaired) electrons. The third-order valence-corrected chi connectivity index (χ3v) is 3.55. The molecule has 3 N–H and O–H groups in total. The topological polar surface area (TPSA) is 105 Å². The summed E-state index contributed by atoms with van der Waals surface area (Å²) in [7, 11) is 3.13. The summed E-state index contributed by atoms with van der Waals surface area (Å²) in [6.07, 6.45) is 1.51. The van der Waals surface area contributed by atoms with E-state index in [1.54, 1.807) is 12.1 Å². The molecule has 0 aliphatic heterocycles. The zero-order chi connectivity index (χ0) is 17.0. The average Bonchev–Trinajstić information content (AvgIpc) is 2.91. The fourth-order valence-corrected chi connectivity index (χ4v) is 2.27. The predicted octanol–water partition coefficient (Wildman–Crippen LogP) is 1.15. The van der Waals surface area contributed by atoms with Crippen LogP contribution in [-0.2, 0) is 4.74 Å². The van der Waals surface area contributed by atoms with Crippen molar-refractivity contribution in [2.75, 3.05) is 37.9 Å². The quantitative estimate of drug-likeness (QED) is 0.802. The Morgan fingerprint density at radius 1 is 1.43 bits per heavy atom. The number of rotatable bonds is 5. The van der Waals surface area contributed by atoms with Gasteiger partial charge < -0.3 is 25.0 Å². The van der Waals surface area contributed by atoms with Crippen LogP contribution in [-0.4, -0.2) is 43.0 Å². The van der Waals surface area contributed by atoms with Crippen molar-refractivity contribution in [1.29, 1.82) is 5.26 Å². The van der Waals surface area contributed by atoms with Gasteiger partial charge in [-0.1, -0.05) is 0 Å². The van der Waals surface area contributed by atoms with Gasteiger partial charge in [0.15, 0.2) is 5.69 Å². The zero-order valence-electron chi connectivity index (χ0n) is 13.0. The number of esters is 1. The summed E-state index contributed by atoms with van der Waals surface area (Å²) in [6, 6.07) is 9.28. The van der Waals surface area contributed by atoms with Crippen LogP contribution in [0, 0.1) is 11.3 Å². The Labute approximate surface area is 134 Å². The molecule has 1 aromatic carbocycles. The molecule has 2 rings (SSSR count). The lowest BCUT2D eigenvalue weighted by molar-refractivity contribution is 0.0593. The Hall–Kier alpha value is -2.98. The molecule has 1 heterocycles. The molecule has 0 unspecified atom stereocenters. The summed E-state index contributed by atoms with van der Waals surface area (Å²) in [5.74, 6) is -0.606. The smallest absolute Gasteiger partial charge is 0.357 e. The van der Waals surface area contributed by atoms with Gasteiger partial charge in [0.2, 0.25) is 0 Å². The van der Waals surface area contributed by atoms with Crippen LogP contribution < -0.4 is 10.6 Å². The standard InChI is InChI=1S/C16H18N4O3/c1-19(7-8-21)12-3-5-13(6-4-12)20-10-11(9-17)14(18)15(20)16(22)23-2/h3-6,10,21H,7-8,18H2,1-2H3. The van der Waals surface area contributed by atoms with Gasteiger partial charge in [0.1, 0.15) is 6.07 Å². The van der Waals surface area contributed by atoms with Crippen LogP contribution in [0.2, 0.25) is 0 Å². The Kier molecular flexibility index (Phi) is 4.88. The zero-order valence-corrected chi connectivity index (χ0v) is 13.0. The Bertz CT molecular complexity index is 744. The molecule has 7 nitrogen and oxygen atoms in total. The summed E-state index contributed by atoms with van der Waals surface area (Å²) in [5.41, 5.74) is 7.90. The maximum atomic E-state index is 11.9. The van der Waals surface area contributed by atoms with Crippen molar-refractivity contribution in [2.24, 2.45) is 0 Å². The number of nitrogen functional groups attached to an aromatic ring is 1. The molecule has 120 valence electrons. The third-order valence-electron chi connectivity index (χ3n) is 3.55. The maximum absolute atomic E-state index is 11.9. The highest BCUT2D eigenvalue weighted by Crippen LogP contribution is 2.25. The van der Waals surface area contributed by atoms with Gasteiger partial charge in [-0.2, -0.15) is 5.26 Å². The molecule has 0 saturated heterocycles. The summed E-state index contributed by atoms with van der Waals surface area (Å²) in [6.45, 7) is 0.576. The Balaban J connectivity index is 2.46. The van der Waals surface area contributed by atoms with Crippen molar-refractivity contribution < 1.29 is 14.6 Å². The number of aliphatic hydroxyl groups is 1. The first-order valence-corrected chi connectivity index (χ1v) is 6.95. The van der Waals surface area contributed by atoms with E-state index in [4.69, 9.17) is 20.8 Å². The third kappa shape index (κ3) is 3.12. The predicted molar refractivity (Wildman–Crippen MR) is 86.6 cm³/mol. The highest BCUT2D eigenvalue weighted by Gasteiger charge is 2.21. The number of nitriles is 1. The van der Waals surface area contributed by atoms with E-state index in [1.165, 1.54) is 17.9 Å². The second kappa shape index (κ2) is 6.85. The minimum absolute atomic E-state index is 0.0599. The van der Waals surface area contributed by atoms with Crippen molar-refractivity contribution in [3.05, 3.63) is 41.7 Å². The van der Waals surface area contributed by atoms with E-state index in [1.807, 2.05) is 30.1 Å². The summed E-state index contributed by atoms with van der Waals surface area (Å²) in [4.78, 5) is 13.8. The van der Waals surface area contributed by atoms with E-state index in [0.717, 1.165) is 5.69 Å². The maximum Gasteiger partial charge on any atom is 0.357 e. The van der Waals surface area contributed by atoms with Gasteiger partial charge in [0.05, 0.1) is 25.0 Å². The highest BCUT2D eigenvalue weighted by molar-refractivity contribution is 5.95. The lowest BCUT2D eigenvalue weighted by atomic mass is 10.2. The second-order valence-electron chi connectivity index (χ2n) is 4.94. The number of likely N-dealkylation sites (N-methyl/N-ethyl adjacent to an activating group) is 1. The van der Waals surface area contributed by atoms with Crippen LogP contribution >= 0.6 is 0 Å². The van der Waals surface area contributed by atoms with Crippen molar-refractivity contribution in [2.45, 2.75) is 0 Å². The number of nitrogens with zero attached hydrogens (tertiary/aromatic N) is 3. The summed E-state index contributed by atoms with van der Waals surface area (Å²) < 4.78 is 6.28. The lowest BCUT2D eigenvalue weighted by Crippen LogP contribution is -2.21. The van der Waals surface area contributed by atoms with Crippen molar-refractivity contribution in [1.82, 2.24) is 4.57 Å². The van der Waals surface area contributed by atoms with E-state index >= 15 is 0 Å². The largest absolute Gasteiger partial charge is 0.464 e. The number of nitrogens with two attached hydrogens (primary N) is 1. The molecule has 0 fully saturated rings. The molecule has 0 aliphatic carbocycles. The van der Waals surface area contributed by atoms with Gasteiger partial charge in [-0.15, -0.1) is 0 Å². The van der Waals surface area contributed by atoms with Crippen LogP contribution in [0.25, 0.3) is 5.69 Å². The van der Waals surface area contributed by atoms with Gasteiger partial charge in [-0.3, -0.25) is 0 Å². The van der Waals surface area contributed by atoms with Crippen molar-refractivity contribution in [3.63, 3.8) is 0 Å². The molecule has 0 aliphatic rings. The first kappa shape index (κ1) is 16.4. The SMILES string of the molecule is COC(=O)c1c(N)c(C#N)cn1-c1ccc(N(C)CCO)cc1. The molecule has 23 heavy (non-hydrogen) atoms. The summed E-state index contributed by atoms with van der Waals surface area (Å²) >= 11 is 0. The molecule has 0 atom stereocenters. The highest BCUT2D eigenvalue weighted by atomic mass is 16.5. The minimum Gasteiger partial charge on any atom is -0.464 e. The fourth-order valence-electron chi connectivity index (χ4n) is 2.27. The number of anilines is 2. The fraction of sp³-hybridized carbons (Fsp3) is 0.250. The van der Waals surface area contributed by atoms with Crippen LogP contribution in [0.4, 0.5) is 11.4 Å². The number of carbonyl (C=O) groups excluding carboxylic acids is 1. The number of hydrogen-bond donors (Lipinski definition) is 2. The molecule has 0 bridgehead atoms. The van der Waals surface area contributed by atoms with Crippen molar-refractivity contribution >= 4 is 17.3 Å². The van der Waals surface area contributed by atoms with Gasteiger partial charge in [-0.05, 0) is 24.3 Å². The van der Waals surface area contributed by atoms with E-state index in [9.17, 15) is 4.79 Å². The number of hydrogen-bond acceptors (Lipinski definition) is 6. The van der Waals surface area contributed by atoms with Crippen molar-refractivity contribution in [3.8, 4) is 11.8 Å². The van der Waals surface area contributed by atoms with Gasteiger partial charge >= 0.3 is 5.97 Å². The molecule has 7 heteroatoms. The summed E-state index contributed by atoms with van der Waals surface area (Å²) in [5, 5.41) is 18.1. The van der Waals surface area contributed by atoms with E-state index in [-0.39, 0.29) is 23.6 Å². The molecule has 0 amide bonds. The monoisotopic (exact) mass is 314 g/mol. The normalized spacial score (nSPS) is 10.2. The molecule has 2 aromatic rings. The molecular weight excluding hydrogens is 296 g/mol. The minimum atomic E-state index is -0.606. The van der Waals surface area contributed by atoms with Gasteiger partial charge in [0.25, 0.3) is 0 Å². The number of methoxy groups -OCH3 is 1. The van der Waals surface area contributed by atoms with E-state index in [0.29, 0.717) is 12.2 Å². The van der Waals surface area contributed by atoms with Crippen LogP contribution in [0.3, 0.4) is 0 Å². The molecule has 0 spiro atoms. The number of benzene rings is 1. The molecule has 1 aromatic heterocycles. The van der Waals surface area contributed by atoms with Gasteiger partial charge in [-0.25, -0.2) is 4.79 Å². The number of aromatic nitrogens is 1. The Morgan fingerprint density at radius 3 is 2.61 bits per heavy atom. The molecule has 0 saturated carbocycles. The Morgan fingerprint density at radius 2 is 2.09 bits per heavy atom. The average molecular weight is 314 g/mol. The van der Waals surface area contributed by atoms with Gasteiger partial charge in [0, 0.05) is 31.2 Å².